The van der Waals surface area contributed by atoms with Crippen LogP contribution < -0.4 is 4.74 Å². The Hall–Kier alpha value is -2.23. The number of Topliss-reactive ketones (excluding diaryl/α,β-unsaturated/α-hetero) is 1. The lowest BCUT2D eigenvalue weighted by Crippen LogP contribution is -2.04. The fraction of sp³-hybridized carbons (Fsp3) is 0.133. The number of hydrogen-bond donors (Lipinski definition) is 0. The Morgan fingerprint density at radius 1 is 1.16 bits per heavy atom. The second-order valence-corrected chi connectivity index (χ2v) is 4.08. The molecular formula is C15H12F2O2. The molecule has 0 aliphatic heterocycles. The van der Waals surface area contributed by atoms with Gasteiger partial charge >= 0.3 is 0 Å². The molecule has 2 rings (SSSR count). The quantitative estimate of drug-likeness (QED) is 0.789. The normalized spacial score (nSPS) is 10.3. The number of rotatable bonds is 4. The highest BCUT2D eigenvalue weighted by Gasteiger charge is 2.11. The van der Waals surface area contributed by atoms with E-state index in [0.717, 1.165) is 6.07 Å². The van der Waals surface area contributed by atoms with E-state index in [9.17, 15) is 13.6 Å². The highest BCUT2D eigenvalue weighted by atomic mass is 19.1. The van der Waals surface area contributed by atoms with E-state index in [-0.39, 0.29) is 23.5 Å². The van der Waals surface area contributed by atoms with Gasteiger partial charge in [-0.3, -0.25) is 4.79 Å². The first kappa shape index (κ1) is 13.2. The first-order valence-corrected chi connectivity index (χ1v) is 5.71. The van der Waals surface area contributed by atoms with Crippen molar-refractivity contribution in [1.29, 1.82) is 0 Å². The molecule has 4 heteroatoms. The summed E-state index contributed by atoms with van der Waals surface area (Å²) in [5.74, 6) is -1.17. The lowest BCUT2D eigenvalue weighted by molar-refractivity contribution is 0.0992. The molecule has 0 N–H and O–H groups in total. The molecule has 0 bridgehead atoms. The zero-order valence-electron chi connectivity index (χ0n) is 10.3. The van der Waals surface area contributed by atoms with Crippen LogP contribution in [0.2, 0.25) is 0 Å². The zero-order chi connectivity index (χ0) is 13.8. The predicted octanol–water partition coefficient (Wildman–Crippen LogP) is 3.40. The van der Waals surface area contributed by atoms with Gasteiger partial charge in [-0.15, -0.1) is 0 Å². The monoisotopic (exact) mass is 262 g/mol. The molecule has 98 valence electrons. The van der Waals surface area contributed by atoms with Gasteiger partial charge in [-0.25, -0.2) is 8.78 Å². The van der Waals surface area contributed by atoms with Crippen molar-refractivity contribution in [1.82, 2.24) is 0 Å². The summed E-state index contributed by atoms with van der Waals surface area (Å²) in [5, 5.41) is 0. The van der Waals surface area contributed by atoms with Crippen molar-refractivity contribution in [3.8, 4) is 5.75 Å². The van der Waals surface area contributed by atoms with Gasteiger partial charge in [-0.2, -0.15) is 0 Å². The van der Waals surface area contributed by atoms with Crippen LogP contribution in [0, 0.1) is 11.6 Å². The summed E-state index contributed by atoms with van der Waals surface area (Å²) in [5.41, 5.74) is 0.795. The van der Waals surface area contributed by atoms with Gasteiger partial charge in [-0.1, -0.05) is 12.1 Å². The van der Waals surface area contributed by atoms with Gasteiger partial charge in [0.15, 0.2) is 17.3 Å². The van der Waals surface area contributed by atoms with Crippen molar-refractivity contribution >= 4 is 5.78 Å². The smallest absolute Gasteiger partial charge is 0.167 e. The summed E-state index contributed by atoms with van der Waals surface area (Å²) in [7, 11) is 1.35. The molecule has 0 heterocycles. The molecule has 19 heavy (non-hydrogen) atoms. The van der Waals surface area contributed by atoms with E-state index in [1.54, 1.807) is 6.07 Å². The number of halogens is 2. The summed E-state index contributed by atoms with van der Waals surface area (Å²) in [6, 6.07) is 9.80. The molecule has 0 amide bonds. The summed E-state index contributed by atoms with van der Waals surface area (Å²) < 4.78 is 31.2. The topological polar surface area (TPSA) is 26.3 Å². The van der Waals surface area contributed by atoms with Crippen LogP contribution in [0.5, 0.6) is 5.75 Å². The van der Waals surface area contributed by atoms with E-state index in [2.05, 4.69) is 0 Å². The van der Waals surface area contributed by atoms with Crippen LogP contribution in [0.25, 0.3) is 0 Å². The van der Waals surface area contributed by atoms with Crippen LogP contribution in [0.15, 0.2) is 42.5 Å². The third-order valence-electron chi connectivity index (χ3n) is 2.73. The van der Waals surface area contributed by atoms with Gasteiger partial charge in [-0.05, 0) is 35.9 Å². The summed E-state index contributed by atoms with van der Waals surface area (Å²) in [4.78, 5) is 11.9. The summed E-state index contributed by atoms with van der Waals surface area (Å²) in [6.07, 6.45) is 0.0313. The Bertz CT molecular complexity index is 609. The highest BCUT2D eigenvalue weighted by molar-refractivity contribution is 5.97. The molecule has 0 radical (unpaired) electrons. The van der Waals surface area contributed by atoms with Crippen LogP contribution in [0.1, 0.15) is 15.9 Å². The van der Waals surface area contributed by atoms with Gasteiger partial charge < -0.3 is 4.74 Å². The van der Waals surface area contributed by atoms with E-state index in [4.69, 9.17) is 4.74 Å². The van der Waals surface area contributed by atoms with Crippen molar-refractivity contribution < 1.29 is 18.3 Å². The van der Waals surface area contributed by atoms with Crippen LogP contribution in [-0.2, 0) is 6.42 Å². The lowest BCUT2D eigenvalue weighted by atomic mass is 10.0. The predicted molar refractivity (Wildman–Crippen MR) is 67.4 cm³/mol. The Morgan fingerprint density at radius 3 is 2.58 bits per heavy atom. The van der Waals surface area contributed by atoms with Crippen molar-refractivity contribution in [3.63, 3.8) is 0 Å². The number of carbonyl (C=O) groups is 1. The number of methoxy groups -OCH3 is 1. The molecule has 2 nitrogen and oxygen atoms in total. The molecule has 0 atom stereocenters. The van der Waals surface area contributed by atoms with Gasteiger partial charge in [0.05, 0.1) is 7.11 Å². The molecule has 0 saturated carbocycles. The zero-order valence-corrected chi connectivity index (χ0v) is 10.3. The first-order chi connectivity index (χ1) is 9.10. The molecule has 0 saturated heterocycles. The first-order valence-electron chi connectivity index (χ1n) is 5.71. The standard InChI is InChI=1S/C15H12F2O2/c1-19-15-6-5-11(9-13(15)17)14(18)8-10-3-2-4-12(16)7-10/h2-7,9H,8H2,1H3. The van der Waals surface area contributed by atoms with E-state index >= 15 is 0 Å². The number of ether oxygens (including phenoxy) is 1. The number of hydrogen-bond acceptors (Lipinski definition) is 2. The SMILES string of the molecule is COc1ccc(C(=O)Cc2cccc(F)c2)cc1F. The molecule has 0 fully saturated rings. The minimum atomic E-state index is -0.590. The molecule has 0 aromatic heterocycles. The fourth-order valence-corrected chi connectivity index (χ4v) is 1.77. The summed E-state index contributed by atoms with van der Waals surface area (Å²) in [6.45, 7) is 0. The van der Waals surface area contributed by atoms with Crippen molar-refractivity contribution in [2.45, 2.75) is 6.42 Å². The van der Waals surface area contributed by atoms with E-state index in [0.29, 0.717) is 5.56 Å². The molecular weight excluding hydrogens is 250 g/mol. The molecule has 0 aliphatic carbocycles. The molecule has 2 aromatic carbocycles. The maximum atomic E-state index is 13.5. The second kappa shape index (κ2) is 5.61. The van der Waals surface area contributed by atoms with Gasteiger partial charge in [0, 0.05) is 12.0 Å². The van der Waals surface area contributed by atoms with E-state index in [1.807, 2.05) is 0 Å². The van der Waals surface area contributed by atoms with E-state index < -0.39 is 11.6 Å². The maximum absolute atomic E-state index is 13.5. The van der Waals surface area contributed by atoms with Gasteiger partial charge in [0.25, 0.3) is 0 Å². The molecule has 0 aliphatic rings. The van der Waals surface area contributed by atoms with Crippen molar-refractivity contribution in [3.05, 3.63) is 65.2 Å². The minimum Gasteiger partial charge on any atom is -0.494 e. The molecule has 0 unspecified atom stereocenters. The Morgan fingerprint density at radius 2 is 1.95 bits per heavy atom. The average Bonchev–Trinajstić information content (AvgIpc) is 2.38. The second-order valence-electron chi connectivity index (χ2n) is 4.08. The van der Waals surface area contributed by atoms with Gasteiger partial charge in [0.1, 0.15) is 5.82 Å². The Labute approximate surface area is 109 Å². The molecule has 0 spiro atoms. The van der Waals surface area contributed by atoms with Crippen molar-refractivity contribution in [2.24, 2.45) is 0 Å². The third kappa shape index (κ3) is 3.16. The van der Waals surface area contributed by atoms with Crippen LogP contribution in [-0.4, -0.2) is 12.9 Å². The largest absolute Gasteiger partial charge is 0.494 e. The number of benzene rings is 2. The lowest BCUT2D eigenvalue weighted by Gasteiger charge is -2.05. The van der Waals surface area contributed by atoms with Crippen LogP contribution in [0.4, 0.5) is 8.78 Å². The average molecular weight is 262 g/mol. The highest BCUT2D eigenvalue weighted by Crippen LogP contribution is 2.19. The van der Waals surface area contributed by atoms with Gasteiger partial charge in [0.2, 0.25) is 0 Å². The minimum absolute atomic E-state index is 0.0313. The fourth-order valence-electron chi connectivity index (χ4n) is 1.77. The van der Waals surface area contributed by atoms with Crippen molar-refractivity contribution in [2.75, 3.05) is 7.11 Å². The third-order valence-corrected chi connectivity index (χ3v) is 2.73. The van der Waals surface area contributed by atoms with Crippen LogP contribution in [0.3, 0.4) is 0 Å². The number of ketones is 1. The van der Waals surface area contributed by atoms with E-state index in [1.165, 1.54) is 37.4 Å². The maximum Gasteiger partial charge on any atom is 0.167 e. The van der Waals surface area contributed by atoms with Crippen LogP contribution >= 0.6 is 0 Å². The number of carbonyl (C=O) groups excluding carboxylic acids is 1. The Kier molecular flexibility index (Phi) is 3.90. The molecule has 2 aromatic rings. The summed E-state index contributed by atoms with van der Waals surface area (Å²) >= 11 is 0. The Balaban J connectivity index is 2.18.